The quantitative estimate of drug-likeness (QED) is 0.470. The van der Waals surface area contributed by atoms with Gasteiger partial charge >= 0.3 is 0 Å². The molecule has 19 heavy (non-hydrogen) atoms. The Morgan fingerprint density at radius 1 is 1.37 bits per heavy atom. The molecule has 1 fully saturated rings. The zero-order valence-corrected chi connectivity index (χ0v) is 11.7. The highest BCUT2D eigenvalue weighted by atomic mass is 35.5. The maximum Gasteiger partial charge on any atom is 0.293 e. The predicted octanol–water partition coefficient (Wildman–Crippen LogP) is 4.63. The number of para-hydroxylation sites is 1. The van der Waals surface area contributed by atoms with Crippen LogP contribution in [0.3, 0.4) is 0 Å². The molecule has 1 aromatic rings. The van der Waals surface area contributed by atoms with Gasteiger partial charge in [-0.1, -0.05) is 43.4 Å². The fourth-order valence-electron chi connectivity index (χ4n) is 2.74. The Kier molecular flexibility index (Phi) is 5.02. The standard InChI is InChI=1S/C14H19ClN2O2/c15-12-8-3-9-13(17(18)19)14(12)16-10-4-7-11-5-1-2-6-11/h3,8-9,11,16H,1-2,4-7,10H2. The number of hydrogen-bond acceptors (Lipinski definition) is 3. The molecule has 0 aliphatic heterocycles. The van der Waals surface area contributed by atoms with E-state index >= 15 is 0 Å². The van der Waals surface area contributed by atoms with Gasteiger partial charge < -0.3 is 5.32 Å². The van der Waals surface area contributed by atoms with Crippen molar-refractivity contribution in [2.75, 3.05) is 11.9 Å². The van der Waals surface area contributed by atoms with Crippen molar-refractivity contribution in [2.45, 2.75) is 38.5 Å². The Bertz CT molecular complexity index is 445. The van der Waals surface area contributed by atoms with Crippen molar-refractivity contribution in [3.8, 4) is 0 Å². The fraction of sp³-hybridized carbons (Fsp3) is 0.571. The zero-order chi connectivity index (χ0) is 13.7. The predicted molar refractivity (Wildman–Crippen MR) is 77.8 cm³/mol. The fourth-order valence-corrected chi connectivity index (χ4v) is 2.98. The van der Waals surface area contributed by atoms with Crippen LogP contribution in [0.4, 0.5) is 11.4 Å². The molecule has 104 valence electrons. The van der Waals surface area contributed by atoms with Crippen molar-refractivity contribution < 1.29 is 4.92 Å². The third kappa shape index (κ3) is 3.83. The lowest BCUT2D eigenvalue weighted by molar-refractivity contribution is -0.383. The van der Waals surface area contributed by atoms with Crippen LogP contribution in [-0.4, -0.2) is 11.5 Å². The molecule has 0 radical (unpaired) electrons. The van der Waals surface area contributed by atoms with Gasteiger partial charge in [0, 0.05) is 12.6 Å². The summed E-state index contributed by atoms with van der Waals surface area (Å²) in [7, 11) is 0. The number of nitrogens with one attached hydrogen (secondary N) is 1. The van der Waals surface area contributed by atoms with Gasteiger partial charge in [0.1, 0.15) is 5.69 Å². The van der Waals surface area contributed by atoms with Gasteiger partial charge in [-0.2, -0.15) is 0 Å². The minimum atomic E-state index is -0.398. The van der Waals surface area contributed by atoms with Crippen LogP contribution in [0.1, 0.15) is 38.5 Å². The van der Waals surface area contributed by atoms with Crippen LogP contribution >= 0.6 is 11.6 Å². The smallest absolute Gasteiger partial charge is 0.293 e. The van der Waals surface area contributed by atoms with Crippen LogP contribution in [0, 0.1) is 16.0 Å². The van der Waals surface area contributed by atoms with Crippen LogP contribution in [0.25, 0.3) is 0 Å². The highest BCUT2D eigenvalue weighted by molar-refractivity contribution is 6.33. The Balaban J connectivity index is 1.86. The molecular weight excluding hydrogens is 264 g/mol. The molecule has 0 amide bonds. The number of nitro groups is 1. The summed E-state index contributed by atoms with van der Waals surface area (Å²) < 4.78 is 0. The van der Waals surface area contributed by atoms with Gasteiger partial charge in [-0.3, -0.25) is 10.1 Å². The molecule has 0 bridgehead atoms. The summed E-state index contributed by atoms with van der Waals surface area (Å²) in [6.07, 6.45) is 7.62. The molecule has 1 aliphatic rings. The van der Waals surface area contributed by atoms with E-state index in [1.807, 2.05) is 0 Å². The highest BCUT2D eigenvalue weighted by Gasteiger charge is 2.17. The minimum Gasteiger partial charge on any atom is -0.378 e. The molecule has 0 atom stereocenters. The Morgan fingerprint density at radius 2 is 2.11 bits per heavy atom. The SMILES string of the molecule is O=[N+]([O-])c1cccc(Cl)c1NCCCC1CCCC1. The summed E-state index contributed by atoms with van der Waals surface area (Å²) >= 11 is 6.01. The summed E-state index contributed by atoms with van der Waals surface area (Å²) in [5.74, 6) is 0.850. The maximum absolute atomic E-state index is 10.9. The van der Waals surface area contributed by atoms with Crippen LogP contribution < -0.4 is 5.32 Å². The second-order valence-corrected chi connectivity index (χ2v) is 5.52. The number of rotatable bonds is 6. The lowest BCUT2D eigenvalue weighted by Gasteiger charge is -2.11. The van der Waals surface area contributed by atoms with Gasteiger partial charge in [0.25, 0.3) is 5.69 Å². The molecule has 5 heteroatoms. The Labute approximate surface area is 118 Å². The van der Waals surface area contributed by atoms with Gasteiger partial charge in [0.2, 0.25) is 0 Å². The maximum atomic E-state index is 10.9. The lowest BCUT2D eigenvalue weighted by atomic mass is 10.0. The minimum absolute atomic E-state index is 0.0494. The average molecular weight is 283 g/mol. The van der Waals surface area contributed by atoms with E-state index in [4.69, 9.17) is 11.6 Å². The Hall–Kier alpha value is -1.29. The molecule has 4 nitrogen and oxygen atoms in total. The average Bonchev–Trinajstić information content (AvgIpc) is 2.88. The van der Waals surface area contributed by atoms with Gasteiger partial charge in [-0.25, -0.2) is 0 Å². The van der Waals surface area contributed by atoms with Crippen molar-refractivity contribution in [1.82, 2.24) is 0 Å². The van der Waals surface area contributed by atoms with E-state index < -0.39 is 4.92 Å². The van der Waals surface area contributed by atoms with Gasteiger partial charge in [-0.05, 0) is 24.8 Å². The second-order valence-electron chi connectivity index (χ2n) is 5.11. The molecular formula is C14H19ClN2O2. The summed E-state index contributed by atoms with van der Waals surface area (Å²) in [5.41, 5.74) is 0.494. The first-order chi connectivity index (χ1) is 9.18. The van der Waals surface area contributed by atoms with E-state index in [2.05, 4.69) is 5.32 Å². The van der Waals surface area contributed by atoms with Crippen molar-refractivity contribution in [1.29, 1.82) is 0 Å². The van der Waals surface area contributed by atoms with E-state index in [1.165, 1.54) is 38.2 Å². The number of nitrogens with zero attached hydrogens (tertiary/aromatic N) is 1. The van der Waals surface area contributed by atoms with Gasteiger partial charge in [-0.15, -0.1) is 0 Å². The molecule has 1 aromatic carbocycles. The first-order valence-electron chi connectivity index (χ1n) is 6.85. The van der Waals surface area contributed by atoms with Crippen molar-refractivity contribution >= 4 is 23.0 Å². The molecule has 1 N–H and O–H groups in total. The van der Waals surface area contributed by atoms with Crippen molar-refractivity contribution in [3.05, 3.63) is 33.3 Å². The molecule has 1 saturated carbocycles. The normalized spacial score (nSPS) is 15.6. The molecule has 0 saturated heterocycles. The first-order valence-corrected chi connectivity index (χ1v) is 7.23. The van der Waals surface area contributed by atoms with E-state index in [0.717, 1.165) is 18.9 Å². The number of halogens is 1. The van der Waals surface area contributed by atoms with E-state index in [-0.39, 0.29) is 5.69 Å². The number of benzene rings is 1. The van der Waals surface area contributed by atoms with Gasteiger partial charge in [0.15, 0.2) is 0 Å². The zero-order valence-electron chi connectivity index (χ0n) is 10.9. The number of hydrogen-bond donors (Lipinski definition) is 1. The summed E-state index contributed by atoms with van der Waals surface area (Å²) in [5, 5.41) is 14.4. The number of anilines is 1. The molecule has 2 rings (SSSR count). The summed E-state index contributed by atoms with van der Waals surface area (Å²) in [6.45, 7) is 0.737. The van der Waals surface area contributed by atoms with Crippen LogP contribution in [0.2, 0.25) is 5.02 Å². The lowest BCUT2D eigenvalue weighted by Crippen LogP contribution is -2.06. The van der Waals surface area contributed by atoms with E-state index in [9.17, 15) is 10.1 Å². The van der Waals surface area contributed by atoms with E-state index in [1.54, 1.807) is 12.1 Å². The highest BCUT2D eigenvalue weighted by Crippen LogP contribution is 2.32. The second kappa shape index (κ2) is 6.75. The summed E-state index contributed by atoms with van der Waals surface area (Å²) in [6, 6.07) is 4.75. The van der Waals surface area contributed by atoms with Crippen molar-refractivity contribution in [2.24, 2.45) is 5.92 Å². The molecule has 0 heterocycles. The van der Waals surface area contributed by atoms with Gasteiger partial charge in [0.05, 0.1) is 9.95 Å². The summed E-state index contributed by atoms with van der Waals surface area (Å²) in [4.78, 5) is 10.5. The molecule has 1 aliphatic carbocycles. The number of nitro benzene ring substituents is 1. The third-order valence-corrected chi connectivity index (χ3v) is 4.07. The monoisotopic (exact) mass is 282 g/mol. The molecule has 0 spiro atoms. The molecule has 0 aromatic heterocycles. The van der Waals surface area contributed by atoms with Crippen LogP contribution in [0.15, 0.2) is 18.2 Å². The topological polar surface area (TPSA) is 55.2 Å². The largest absolute Gasteiger partial charge is 0.378 e. The first kappa shape index (κ1) is 14.1. The molecule has 0 unspecified atom stereocenters. The van der Waals surface area contributed by atoms with E-state index in [0.29, 0.717) is 10.7 Å². The van der Waals surface area contributed by atoms with Crippen LogP contribution in [0.5, 0.6) is 0 Å². The Morgan fingerprint density at radius 3 is 2.79 bits per heavy atom. The van der Waals surface area contributed by atoms with Crippen molar-refractivity contribution in [3.63, 3.8) is 0 Å². The third-order valence-electron chi connectivity index (χ3n) is 3.75. The van der Waals surface area contributed by atoms with Crippen LogP contribution in [-0.2, 0) is 0 Å².